The molecule has 2 saturated heterocycles. The zero-order valence-electron chi connectivity index (χ0n) is 8.12. The summed E-state index contributed by atoms with van der Waals surface area (Å²) >= 11 is 0. The van der Waals surface area contributed by atoms with Gasteiger partial charge in [-0.1, -0.05) is 0 Å². The minimum atomic E-state index is -0.644. The fourth-order valence-corrected chi connectivity index (χ4v) is 1.77. The summed E-state index contributed by atoms with van der Waals surface area (Å²) in [4.78, 5) is 0. The molecule has 4 nitrogen and oxygen atoms in total. The van der Waals surface area contributed by atoms with Crippen LogP contribution in [0.5, 0.6) is 0 Å². The second-order valence-electron chi connectivity index (χ2n) is 3.80. The van der Waals surface area contributed by atoms with Gasteiger partial charge >= 0.3 is 0 Å². The molecule has 0 unspecified atom stereocenters. The summed E-state index contributed by atoms with van der Waals surface area (Å²) in [7, 11) is 0. The SMILES string of the molecule is C[C@@H]1COCC2(COC[C@@H](C)O2)O1. The van der Waals surface area contributed by atoms with Crippen molar-refractivity contribution >= 4 is 0 Å². The van der Waals surface area contributed by atoms with Gasteiger partial charge in [0, 0.05) is 0 Å². The van der Waals surface area contributed by atoms with Crippen LogP contribution in [0.25, 0.3) is 0 Å². The monoisotopic (exact) mass is 188 g/mol. The third-order valence-corrected chi connectivity index (χ3v) is 2.18. The maximum Gasteiger partial charge on any atom is 0.216 e. The Labute approximate surface area is 78.1 Å². The molecule has 4 heteroatoms. The Morgan fingerprint density at radius 3 is 1.77 bits per heavy atom. The van der Waals surface area contributed by atoms with E-state index in [-0.39, 0.29) is 12.2 Å². The summed E-state index contributed by atoms with van der Waals surface area (Å²) < 4.78 is 22.2. The van der Waals surface area contributed by atoms with Crippen molar-refractivity contribution in [3.8, 4) is 0 Å². The van der Waals surface area contributed by atoms with Gasteiger partial charge in [-0.25, -0.2) is 0 Å². The second kappa shape index (κ2) is 3.53. The van der Waals surface area contributed by atoms with E-state index in [1.807, 2.05) is 13.8 Å². The van der Waals surface area contributed by atoms with Crippen LogP contribution in [-0.2, 0) is 18.9 Å². The molecule has 0 amide bonds. The molecular formula is C9H16O4. The van der Waals surface area contributed by atoms with Gasteiger partial charge < -0.3 is 18.9 Å². The van der Waals surface area contributed by atoms with Gasteiger partial charge in [0.2, 0.25) is 5.79 Å². The first-order valence-electron chi connectivity index (χ1n) is 4.71. The Hall–Kier alpha value is -0.160. The maximum atomic E-state index is 5.71. The molecule has 2 aliphatic heterocycles. The minimum Gasteiger partial charge on any atom is -0.373 e. The number of hydrogen-bond acceptors (Lipinski definition) is 4. The Bertz CT molecular complexity index is 162. The standard InChI is InChI=1S/C9H16O4/c1-7-3-10-5-9(12-7)6-11-4-8(2)13-9/h7-8H,3-6H2,1-2H3/t7-,8-,9?/m1/s1. The van der Waals surface area contributed by atoms with Gasteiger partial charge in [0.15, 0.2) is 0 Å². The third kappa shape index (κ3) is 2.02. The number of hydrogen-bond donors (Lipinski definition) is 0. The molecule has 2 heterocycles. The summed E-state index contributed by atoms with van der Waals surface area (Å²) in [6.45, 7) is 6.18. The van der Waals surface area contributed by atoms with Gasteiger partial charge in [-0.15, -0.1) is 0 Å². The fourth-order valence-electron chi connectivity index (χ4n) is 1.77. The predicted octanol–water partition coefficient (Wildman–Crippen LogP) is 0.553. The van der Waals surface area contributed by atoms with Crippen LogP contribution in [0.2, 0.25) is 0 Å². The summed E-state index contributed by atoms with van der Waals surface area (Å²) in [5.41, 5.74) is 0. The van der Waals surface area contributed by atoms with E-state index in [1.165, 1.54) is 0 Å². The lowest BCUT2D eigenvalue weighted by Gasteiger charge is -2.43. The molecule has 0 N–H and O–H groups in total. The van der Waals surface area contributed by atoms with Gasteiger partial charge in [0.1, 0.15) is 13.2 Å². The Balaban J connectivity index is 2.00. The quantitative estimate of drug-likeness (QED) is 0.556. The maximum absolute atomic E-state index is 5.71. The first-order chi connectivity index (χ1) is 6.20. The van der Waals surface area contributed by atoms with Crippen molar-refractivity contribution in [2.24, 2.45) is 0 Å². The van der Waals surface area contributed by atoms with Crippen LogP contribution in [0.15, 0.2) is 0 Å². The van der Waals surface area contributed by atoms with Crippen molar-refractivity contribution in [3.05, 3.63) is 0 Å². The molecule has 2 rings (SSSR count). The zero-order valence-corrected chi connectivity index (χ0v) is 8.12. The molecular weight excluding hydrogens is 172 g/mol. The first-order valence-corrected chi connectivity index (χ1v) is 4.71. The van der Waals surface area contributed by atoms with Crippen molar-refractivity contribution < 1.29 is 18.9 Å². The normalized spacial score (nSPS) is 39.2. The van der Waals surface area contributed by atoms with Gasteiger partial charge in [-0.05, 0) is 13.8 Å². The lowest BCUT2D eigenvalue weighted by Crippen LogP contribution is -2.56. The van der Waals surface area contributed by atoms with E-state index in [0.29, 0.717) is 26.4 Å². The van der Waals surface area contributed by atoms with Crippen LogP contribution < -0.4 is 0 Å². The van der Waals surface area contributed by atoms with Crippen molar-refractivity contribution in [2.75, 3.05) is 26.4 Å². The smallest absolute Gasteiger partial charge is 0.216 e. The largest absolute Gasteiger partial charge is 0.373 e. The Morgan fingerprint density at radius 1 is 0.923 bits per heavy atom. The highest BCUT2D eigenvalue weighted by atomic mass is 16.8. The topological polar surface area (TPSA) is 36.9 Å². The van der Waals surface area contributed by atoms with Gasteiger partial charge in [0.05, 0.1) is 25.4 Å². The van der Waals surface area contributed by atoms with Crippen LogP contribution in [0, 0.1) is 0 Å². The molecule has 0 aromatic rings. The Kier molecular flexibility index (Phi) is 2.55. The highest BCUT2D eigenvalue weighted by Gasteiger charge is 2.42. The van der Waals surface area contributed by atoms with Crippen molar-refractivity contribution in [1.29, 1.82) is 0 Å². The van der Waals surface area contributed by atoms with Crippen molar-refractivity contribution in [2.45, 2.75) is 31.8 Å². The fraction of sp³-hybridized carbons (Fsp3) is 1.00. The minimum absolute atomic E-state index is 0.0858. The van der Waals surface area contributed by atoms with E-state index in [1.54, 1.807) is 0 Å². The molecule has 0 radical (unpaired) electrons. The second-order valence-corrected chi connectivity index (χ2v) is 3.80. The molecule has 76 valence electrons. The molecule has 0 aromatic heterocycles. The summed E-state index contributed by atoms with van der Waals surface area (Å²) in [6, 6.07) is 0. The average Bonchev–Trinajstić information content (AvgIpc) is 2.02. The van der Waals surface area contributed by atoms with Crippen LogP contribution >= 0.6 is 0 Å². The molecule has 13 heavy (non-hydrogen) atoms. The average molecular weight is 188 g/mol. The Morgan fingerprint density at radius 2 is 1.38 bits per heavy atom. The van der Waals surface area contributed by atoms with Crippen LogP contribution in [0.3, 0.4) is 0 Å². The lowest BCUT2D eigenvalue weighted by atomic mass is 10.2. The molecule has 0 aliphatic carbocycles. The van der Waals surface area contributed by atoms with Crippen molar-refractivity contribution in [1.82, 2.24) is 0 Å². The van der Waals surface area contributed by atoms with E-state index in [9.17, 15) is 0 Å². The molecule has 0 bridgehead atoms. The van der Waals surface area contributed by atoms with E-state index >= 15 is 0 Å². The van der Waals surface area contributed by atoms with Crippen molar-refractivity contribution in [3.63, 3.8) is 0 Å². The van der Waals surface area contributed by atoms with Crippen LogP contribution in [0.4, 0.5) is 0 Å². The van der Waals surface area contributed by atoms with Gasteiger partial charge in [-0.3, -0.25) is 0 Å². The summed E-state index contributed by atoms with van der Waals surface area (Å²) in [5.74, 6) is -0.644. The van der Waals surface area contributed by atoms with E-state index < -0.39 is 5.79 Å². The van der Waals surface area contributed by atoms with E-state index in [4.69, 9.17) is 18.9 Å². The highest BCUT2D eigenvalue weighted by molar-refractivity contribution is 4.79. The van der Waals surface area contributed by atoms with Crippen LogP contribution in [0.1, 0.15) is 13.8 Å². The zero-order chi connectivity index (χ0) is 9.31. The molecule has 0 aromatic carbocycles. The number of ether oxygens (including phenoxy) is 4. The number of rotatable bonds is 0. The van der Waals surface area contributed by atoms with Crippen LogP contribution in [-0.4, -0.2) is 44.4 Å². The molecule has 2 fully saturated rings. The van der Waals surface area contributed by atoms with Gasteiger partial charge in [-0.2, -0.15) is 0 Å². The van der Waals surface area contributed by atoms with E-state index in [0.717, 1.165) is 0 Å². The first kappa shape index (κ1) is 9.40. The third-order valence-electron chi connectivity index (χ3n) is 2.18. The molecule has 2 atom stereocenters. The summed E-state index contributed by atoms with van der Waals surface area (Å²) in [6.07, 6.45) is 0.172. The van der Waals surface area contributed by atoms with E-state index in [2.05, 4.69) is 0 Å². The molecule has 0 saturated carbocycles. The van der Waals surface area contributed by atoms with Gasteiger partial charge in [0.25, 0.3) is 0 Å². The lowest BCUT2D eigenvalue weighted by molar-refractivity contribution is -0.365. The molecule has 1 spiro atoms. The molecule has 2 aliphatic rings. The highest BCUT2D eigenvalue weighted by Crippen LogP contribution is 2.26. The summed E-state index contributed by atoms with van der Waals surface area (Å²) in [5, 5.41) is 0. The predicted molar refractivity (Wildman–Crippen MR) is 45.5 cm³/mol.